The summed E-state index contributed by atoms with van der Waals surface area (Å²) in [6, 6.07) is 3.65. The highest BCUT2D eigenvalue weighted by atomic mass is 32.2. The Bertz CT molecular complexity index is 927. The van der Waals surface area contributed by atoms with Gasteiger partial charge >= 0.3 is 6.03 Å². The van der Waals surface area contributed by atoms with Crippen LogP contribution in [0.2, 0.25) is 0 Å². The van der Waals surface area contributed by atoms with E-state index in [0.717, 1.165) is 18.4 Å². The first-order valence-electron chi connectivity index (χ1n) is 10.6. The highest BCUT2D eigenvalue weighted by Crippen LogP contribution is 2.31. The molecule has 7 nitrogen and oxygen atoms in total. The molecule has 0 radical (unpaired) electrons. The largest absolute Gasteiger partial charge is 0.490 e. The minimum Gasteiger partial charge on any atom is -0.490 e. The number of unbranched alkanes of at least 4 members (excludes halogenated alkanes) is 1. The van der Waals surface area contributed by atoms with Gasteiger partial charge < -0.3 is 10.1 Å². The second-order valence-electron chi connectivity index (χ2n) is 8.36. The predicted molar refractivity (Wildman–Crippen MR) is 115 cm³/mol. The molecule has 1 aliphatic carbocycles. The molecule has 9 heteroatoms. The van der Waals surface area contributed by atoms with E-state index >= 15 is 0 Å². The molecule has 1 aromatic rings. The summed E-state index contributed by atoms with van der Waals surface area (Å²) in [6.45, 7) is 2.31. The first-order valence-corrected chi connectivity index (χ1v) is 12.4. The third-order valence-corrected chi connectivity index (χ3v) is 7.29. The normalized spacial score (nSPS) is 20.4. The number of hydrogen-bond donors (Lipinski definition) is 2. The Balaban J connectivity index is 1.45. The van der Waals surface area contributed by atoms with E-state index < -0.39 is 21.7 Å². The predicted octanol–water partition coefficient (Wildman–Crippen LogP) is 3.07. The summed E-state index contributed by atoms with van der Waals surface area (Å²) in [5.41, 5.74) is 0.738. The van der Waals surface area contributed by atoms with Gasteiger partial charge in [0.2, 0.25) is 5.91 Å². The lowest BCUT2D eigenvalue weighted by Crippen LogP contribution is -2.51. The van der Waals surface area contributed by atoms with Gasteiger partial charge in [0.25, 0.3) is 0 Å². The molecule has 170 valence electrons. The lowest BCUT2D eigenvalue weighted by molar-refractivity contribution is -0.120. The van der Waals surface area contributed by atoms with E-state index in [-0.39, 0.29) is 41.5 Å². The van der Waals surface area contributed by atoms with Gasteiger partial charge in [0.15, 0.2) is 21.4 Å². The highest BCUT2D eigenvalue weighted by molar-refractivity contribution is 7.91. The first-order chi connectivity index (χ1) is 14.7. The van der Waals surface area contributed by atoms with Crippen molar-refractivity contribution in [2.75, 3.05) is 18.1 Å². The SMILES string of the molecule is C[C@@H](CS(=O)(=O)CCC/C=C/C1CC(=O)NC(=O)N1)c1ccc(F)c(OCC2CC2)c1. The Morgan fingerprint density at radius 1 is 1.29 bits per heavy atom. The molecular weight excluding hydrogens is 423 g/mol. The second kappa shape index (κ2) is 10.3. The van der Waals surface area contributed by atoms with Crippen LogP contribution in [0.5, 0.6) is 5.75 Å². The van der Waals surface area contributed by atoms with E-state index in [9.17, 15) is 22.4 Å². The van der Waals surface area contributed by atoms with Gasteiger partial charge in [-0.25, -0.2) is 17.6 Å². The number of ether oxygens (including phenoxy) is 1. The molecule has 2 N–H and O–H groups in total. The molecule has 3 rings (SSSR count). The molecule has 0 spiro atoms. The van der Waals surface area contributed by atoms with Crippen LogP contribution in [0.25, 0.3) is 0 Å². The minimum atomic E-state index is -3.29. The van der Waals surface area contributed by atoms with Crippen LogP contribution in [0, 0.1) is 11.7 Å². The number of rotatable bonds is 11. The van der Waals surface area contributed by atoms with Crippen LogP contribution in [0.4, 0.5) is 9.18 Å². The molecule has 1 saturated carbocycles. The molecule has 0 bridgehead atoms. The monoisotopic (exact) mass is 452 g/mol. The van der Waals surface area contributed by atoms with Crippen LogP contribution in [0.15, 0.2) is 30.4 Å². The number of imide groups is 1. The Morgan fingerprint density at radius 3 is 2.77 bits per heavy atom. The minimum absolute atomic E-state index is 0.0245. The molecule has 2 aliphatic rings. The van der Waals surface area contributed by atoms with Gasteiger partial charge in [-0.1, -0.05) is 25.1 Å². The number of sulfone groups is 1. The number of carbonyl (C=O) groups excluding carboxylic acids is 2. The summed E-state index contributed by atoms with van der Waals surface area (Å²) < 4.78 is 44.5. The summed E-state index contributed by atoms with van der Waals surface area (Å²) in [6.07, 6.45) is 6.85. The van der Waals surface area contributed by atoms with Crippen molar-refractivity contribution in [3.05, 3.63) is 41.7 Å². The fourth-order valence-corrected chi connectivity index (χ4v) is 5.15. The number of benzene rings is 1. The lowest BCUT2D eigenvalue weighted by atomic mass is 10.0. The van der Waals surface area contributed by atoms with Crippen molar-refractivity contribution in [3.63, 3.8) is 0 Å². The molecule has 31 heavy (non-hydrogen) atoms. The van der Waals surface area contributed by atoms with Gasteiger partial charge in [-0.15, -0.1) is 0 Å². The van der Waals surface area contributed by atoms with E-state index in [1.165, 1.54) is 6.07 Å². The fraction of sp³-hybridized carbons (Fsp3) is 0.545. The van der Waals surface area contributed by atoms with Gasteiger partial charge in [-0.3, -0.25) is 10.1 Å². The molecular formula is C22H29FN2O5S. The Morgan fingerprint density at radius 2 is 2.06 bits per heavy atom. The van der Waals surface area contributed by atoms with Crippen molar-refractivity contribution in [1.29, 1.82) is 0 Å². The topological polar surface area (TPSA) is 102 Å². The summed E-state index contributed by atoms with van der Waals surface area (Å²) in [7, 11) is -3.29. The number of halogens is 1. The average Bonchev–Trinajstić information content (AvgIpc) is 3.50. The quantitative estimate of drug-likeness (QED) is 0.397. The molecule has 1 aromatic carbocycles. The van der Waals surface area contributed by atoms with Crippen molar-refractivity contribution in [2.45, 2.75) is 51.0 Å². The zero-order valence-corrected chi connectivity index (χ0v) is 18.4. The Kier molecular flexibility index (Phi) is 7.69. The lowest BCUT2D eigenvalue weighted by Gasteiger charge is -2.19. The molecule has 2 fully saturated rings. The number of urea groups is 1. The van der Waals surface area contributed by atoms with Gasteiger partial charge in [-0.2, -0.15) is 0 Å². The first kappa shape index (κ1) is 23.2. The second-order valence-corrected chi connectivity index (χ2v) is 10.6. The number of nitrogens with one attached hydrogen (secondary N) is 2. The number of allylic oxidation sites excluding steroid dienone is 1. The zero-order chi connectivity index (χ0) is 22.4. The molecule has 1 saturated heterocycles. The number of amides is 3. The van der Waals surface area contributed by atoms with Crippen LogP contribution in [0.3, 0.4) is 0 Å². The smallest absolute Gasteiger partial charge is 0.321 e. The van der Waals surface area contributed by atoms with E-state index in [2.05, 4.69) is 10.6 Å². The maximum Gasteiger partial charge on any atom is 0.321 e. The van der Waals surface area contributed by atoms with Crippen LogP contribution >= 0.6 is 0 Å². The summed E-state index contributed by atoms with van der Waals surface area (Å²) in [4.78, 5) is 22.6. The molecule has 2 atom stereocenters. The van der Waals surface area contributed by atoms with E-state index in [4.69, 9.17) is 4.74 Å². The third kappa shape index (κ3) is 7.65. The summed E-state index contributed by atoms with van der Waals surface area (Å²) >= 11 is 0. The van der Waals surface area contributed by atoms with Gasteiger partial charge in [-0.05, 0) is 55.2 Å². The maximum absolute atomic E-state index is 14.0. The molecule has 1 aliphatic heterocycles. The standard InChI is InChI=1S/C22H29FN2O5S/c1-15(17-8-9-19(23)20(11-17)30-13-16-6-7-16)14-31(28,29)10-4-2-3-5-18-12-21(26)25-22(27)24-18/h3,5,8-9,11,15-16,18H,2,4,6-7,10,12-14H2,1H3,(H2,24,25,26,27)/b5-3+/t15-,18?/m0/s1. The highest BCUT2D eigenvalue weighted by Gasteiger charge is 2.24. The number of hydrogen-bond acceptors (Lipinski definition) is 5. The van der Waals surface area contributed by atoms with Crippen LogP contribution < -0.4 is 15.4 Å². The molecule has 1 heterocycles. The Labute approximate surface area is 182 Å². The summed E-state index contributed by atoms with van der Waals surface area (Å²) in [5.74, 6) is -0.354. The zero-order valence-electron chi connectivity index (χ0n) is 17.6. The van der Waals surface area contributed by atoms with Gasteiger partial charge in [0.05, 0.1) is 30.6 Å². The maximum atomic E-state index is 14.0. The van der Waals surface area contributed by atoms with Crippen LogP contribution in [-0.2, 0) is 14.6 Å². The van der Waals surface area contributed by atoms with Crippen molar-refractivity contribution < 1.29 is 27.1 Å². The fourth-order valence-electron chi connectivity index (χ4n) is 3.42. The Hall–Kier alpha value is -2.42. The van der Waals surface area contributed by atoms with E-state index in [1.807, 2.05) is 6.92 Å². The van der Waals surface area contributed by atoms with Gasteiger partial charge in [0, 0.05) is 0 Å². The van der Waals surface area contributed by atoms with Crippen molar-refractivity contribution in [1.82, 2.24) is 10.6 Å². The van der Waals surface area contributed by atoms with Crippen molar-refractivity contribution in [3.8, 4) is 5.75 Å². The molecule has 1 unspecified atom stereocenters. The van der Waals surface area contributed by atoms with E-state index in [0.29, 0.717) is 25.4 Å². The van der Waals surface area contributed by atoms with E-state index in [1.54, 1.807) is 24.3 Å². The number of carbonyl (C=O) groups is 2. The molecule has 3 amide bonds. The van der Waals surface area contributed by atoms with Crippen molar-refractivity contribution in [2.24, 2.45) is 5.92 Å². The van der Waals surface area contributed by atoms with Crippen LogP contribution in [-0.4, -0.2) is 44.5 Å². The average molecular weight is 453 g/mol. The van der Waals surface area contributed by atoms with Crippen molar-refractivity contribution >= 4 is 21.8 Å². The summed E-state index contributed by atoms with van der Waals surface area (Å²) in [5, 5.41) is 4.76. The van der Waals surface area contributed by atoms with Crippen LogP contribution in [0.1, 0.15) is 50.5 Å². The molecule has 0 aromatic heterocycles. The van der Waals surface area contributed by atoms with Gasteiger partial charge in [0.1, 0.15) is 0 Å². The third-order valence-electron chi connectivity index (χ3n) is 5.37.